The number of benzene rings is 1. The number of rotatable bonds is 4. The van der Waals surface area contributed by atoms with Crippen molar-refractivity contribution in [2.24, 2.45) is 0 Å². The molecule has 108 valence electrons. The average molecular weight is 324 g/mol. The van der Waals surface area contributed by atoms with E-state index in [1.54, 1.807) is 29.2 Å². The van der Waals surface area contributed by atoms with Crippen molar-refractivity contribution in [3.05, 3.63) is 57.9 Å². The molecule has 2 aromatic heterocycles. The summed E-state index contributed by atoms with van der Waals surface area (Å²) in [5, 5.41) is 9.01. The van der Waals surface area contributed by atoms with Crippen molar-refractivity contribution < 1.29 is 4.52 Å². The second kappa shape index (κ2) is 5.75. The molecule has 1 aromatic carbocycles. The third-order valence-corrected chi connectivity index (χ3v) is 3.55. The quantitative estimate of drug-likeness (QED) is 0.798. The van der Waals surface area contributed by atoms with Crippen LogP contribution in [0.4, 0.5) is 5.69 Å². The second-order valence-electron chi connectivity index (χ2n) is 4.50. The van der Waals surface area contributed by atoms with Crippen molar-refractivity contribution in [2.45, 2.75) is 13.0 Å². The maximum Gasteiger partial charge on any atom is 0.248 e. The zero-order valence-electron chi connectivity index (χ0n) is 10.8. The Morgan fingerprint density at radius 1 is 1.24 bits per heavy atom. The Morgan fingerprint density at radius 3 is 2.81 bits per heavy atom. The molecule has 0 unspecified atom stereocenters. The van der Waals surface area contributed by atoms with Crippen molar-refractivity contribution in [1.82, 2.24) is 19.9 Å². The number of nitrogen functional groups attached to an aromatic ring is 1. The first-order valence-electron chi connectivity index (χ1n) is 6.13. The van der Waals surface area contributed by atoms with Crippen molar-refractivity contribution in [1.29, 1.82) is 0 Å². The normalized spacial score (nSPS) is 11.0. The highest BCUT2D eigenvalue weighted by atomic mass is 35.5. The molecular weight excluding hydrogens is 313 g/mol. The SMILES string of the molecule is Nc1cnn(Cc2nc(Cc3ccc(Cl)c(Cl)c3)no2)c1. The maximum absolute atomic E-state index is 5.98. The van der Waals surface area contributed by atoms with Crippen LogP contribution in [0.25, 0.3) is 0 Å². The minimum atomic E-state index is 0.381. The Hall–Kier alpha value is -2.05. The van der Waals surface area contributed by atoms with Crippen molar-refractivity contribution in [3.63, 3.8) is 0 Å². The fourth-order valence-electron chi connectivity index (χ4n) is 1.86. The summed E-state index contributed by atoms with van der Waals surface area (Å²) in [6.07, 6.45) is 3.78. The van der Waals surface area contributed by atoms with Crippen LogP contribution in [0.5, 0.6) is 0 Å². The van der Waals surface area contributed by atoms with Gasteiger partial charge in [-0.15, -0.1) is 0 Å². The summed E-state index contributed by atoms with van der Waals surface area (Å²) < 4.78 is 6.81. The van der Waals surface area contributed by atoms with Crippen LogP contribution in [0.15, 0.2) is 35.1 Å². The topological polar surface area (TPSA) is 82.8 Å². The lowest BCUT2D eigenvalue weighted by Gasteiger charge is -1.99. The zero-order chi connectivity index (χ0) is 14.8. The predicted molar refractivity (Wildman–Crippen MR) is 79.3 cm³/mol. The molecule has 0 radical (unpaired) electrons. The minimum Gasteiger partial charge on any atom is -0.396 e. The van der Waals surface area contributed by atoms with Gasteiger partial charge in [0.15, 0.2) is 5.82 Å². The Bertz CT molecular complexity index is 768. The van der Waals surface area contributed by atoms with E-state index in [0.717, 1.165) is 5.56 Å². The highest BCUT2D eigenvalue weighted by Crippen LogP contribution is 2.23. The third kappa shape index (κ3) is 3.34. The van der Waals surface area contributed by atoms with Gasteiger partial charge in [-0.25, -0.2) is 0 Å². The van der Waals surface area contributed by atoms with Crippen LogP contribution in [0.2, 0.25) is 10.0 Å². The van der Waals surface area contributed by atoms with Gasteiger partial charge in [-0.3, -0.25) is 4.68 Å². The summed E-state index contributed by atoms with van der Waals surface area (Å²) in [5.74, 6) is 1.04. The van der Waals surface area contributed by atoms with Gasteiger partial charge in [-0.05, 0) is 17.7 Å². The molecule has 0 spiro atoms. The number of halogens is 2. The monoisotopic (exact) mass is 323 g/mol. The molecule has 0 aliphatic rings. The molecular formula is C13H11Cl2N5O. The van der Waals surface area contributed by atoms with Gasteiger partial charge in [0.25, 0.3) is 0 Å². The Labute approximate surface area is 130 Å². The van der Waals surface area contributed by atoms with E-state index < -0.39 is 0 Å². The molecule has 3 aromatic rings. The molecule has 0 aliphatic carbocycles. The predicted octanol–water partition coefficient (Wildman–Crippen LogP) is 2.79. The fraction of sp³-hybridized carbons (Fsp3) is 0.154. The molecule has 3 rings (SSSR count). The molecule has 0 saturated carbocycles. The molecule has 0 saturated heterocycles. The molecule has 2 heterocycles. The van der Waals surface area contributed by atoms with E-state index >= 15 is 0 Å². The Balaban J connectivity index is 1.71. The van der Waals surface area contributed by atoms with Gasteiger partial charge >= 0.3 is 0 Å². The van der Waals surface area contributed by atoms with Crippen LogP contribution < -0.4 is 5.73 Å². The zero-order valence-corrected chi connectivity index (χ0v) is 12.3. The first-order chi connectivity index (χ1) is 10.1. The van der Waals surface area contributed by atoms with Crippen LogP contribution in [-0.4, -0.2) is 19.9 Å². The van der Waals surface area contributed by atoms with Crippen molar-refractivity contribution in [3.8, 4) is 0 Å². The number of hydrogen-bond donors (Lipinski definition) is 1. The van der Waals surface area contributed by atoms with E-state index in [-0.39, 0.29) is 0 Å². The summed E-state index contributed by atoms with van der Waals surface area (Å²) in [6, 6.07) is 5.40. The molecule has 6 nitrogen and oxygen atoms in total. The van der Waals surface area contributed by atoms with Gasteiger partial charge in [0, 0.05) is 12.6 Å². The van der Waals surface area contributed by atoms with Gasteiger partial charge in [-0.1, -0.05) is 34.4 Å². The summed E-state index contributed by atoms with van der Waals surface area (Å²) in [6.45, 7) is 0.381. The largest absolute Gasteiger partial charge is 0.396 e. The number of aromatic nitrogens is 4. The van der Waals surface area contributed by atoms with Gasteiger partial charge in [0.2, 0.25) is 5.89 Å². The molecule has 8 heteroatoms. The molecule has 21 heavy (non-hydrogen) atoms. The van der Waals surface area contributed by atoms with E-state index in [1.807, 2.05) is 6.07 Å². The third-order valence-electron chi connectivity index (χ3n) is 2.81. The molecule has 0 atom stereocenters. The summed E-state index contributed by atoms with van der Waals surface area (Å²) >= 11 is 11.9. The van der Waals surface area contributed by atoms with E-state index in [4.69, 9.17) is 33.5 Å². The smallest absolute Gasteiger partial charge is 0.248 e. The van der Waals surface area contributed by atoms with Gasteiger partial charge in [0.1, 0.15) is 6.54 Å². The van der Waals surface area contributed by atoms with Crippen LogP contribution in [0, 0.1) is 0 Å². The number of hydrogen-bond acceptors (Lipinski definition) is 5. The van der Waals surface area contributed by atoms with Crippen LogP contribution in [0.1, 0.15) is 17.3 Å². The molecule has 0 fully saturated rings. The summed E-state index contributed by atoms with van der Waals surface area (Å²) in [7, 11) is 0. The average Bonchev–Trinajstić information content (AvgIpc) is 3.04. The fourth-order valence-corrected chi connectivity index (χ4v) is 2.18. The van der Waals surface area contributed by atoms with E-state index in [0.29, 0.717) is 40.4 Å². The van der Waals surface area contributed by atoms with Crippen LogP contribution in [0.3, 0.4) is 0 Å². The summed E-state index contributed by atoms with van der Waals surface area (Å²) in [4.78, 5) is 4.31. The number of nitrogens with two attached hydrogens (primary N) is 1. The molecule has 0 aliphatic heterocycles. The van der Waals surface area contributed by atoms with E-state index in [2.05, 4.69) is 15.2 Å². The molecule has 2 N–H and O–H groups in total. The summed E-state index contributed by atoms with van der Waals surface area (Å²) in [5.41, 5.74) is 7.14. The number of nitrogens with zero attached hydrogens (tertiary/aromatic N) is 4. The second-order valence-corrected chi connectivity index (χ2v) is 5.32. The molecule has 0 bridgehead atoms. The number of anilines is 1. The van der Waals surface area contributed by atoms with Gasteiger partial charge in [-0.2, -0.15) is 10.1 Å². The van der Waals surface area contributed by atoms with E-state index in [1.165, 1.54) is 0 Å². The lowest BCUT2D eigenvalue weighted by Crippen LogP contribution is -2.00. The lowest BCUT2D eigenvalue weighted by molar-refractivity contribution is 0.362. The first-order valence-corrected chi connectivity index (χ1v) is 6.89. The van der Waals surface area contributed by atoms with Crippen LogP contribution >= 0.6 is 23.2 Å². The first kappa shape index (κ1) is 13.9. The van der Waals surface area contributed by atoms with Gasteiger partial charge < -0.3 is 10.3 Å². The van der Waals surface area contributed by atoms with Crippen molar-refractivity contribution >= 4 is 28.9 Å². The highest BCUT2D eigenvalue weighted by Gasteiger charge is 2.09. The van der Waals surface area contributed by atoms with Crippen molar-refractivity contribution in [2.75, 3.05) is 5.73 Å². The Morgan fingerprint density at radius 2 is 2.10 bits per heavy atom. The van der Waals surface area contributed by atoms with Gasteiger partial charge in [0.05, 0.1) is 21.9 Å². The van der Waals surface area contributed by atoms with Crippen LogP contribution in [-0.2, 0) is 13.0 Å². The Kier molecular flexibility index (Phi) is 3.81. The lowest BCUT2D eigenvalue weighted by atomic mass is 10.1. The highest BCUT2D eigenvalue weighted by molar-refractivity contribution is 6.42. The molecule has 0 amide bonds. The maximum atomic E-state index is 5.98. The minimum absolute atomic E-state index is 0.381. The van der Waals surface area contributed by atoms with E-state index in [9.17, 15) is 0 Å². The standard InChI is InChI=1S/C13H11Cl2N5O/c14-10-2-1-8(3-11(10)15)4-12-18-13(21-19-12)7-20-6-9(16)5-17-20/h1-3,5-6H,4,7,16H2.